The minimum absolute atomic E-state index is 0.323. The molecule has 3 aromatic carbocycles. The molecule has 31 heavy (non-hydrogen) atoms. The highest BCUT2D eigenvalue weighted by Crippen LogP contribution is 2.19. The number of nitrogens with one attached hydrogen (secondary N) is 1. The predicted molar refractivity (Wildman–Crippen MR) is 124 cm³/mol. The first-order chi connectivity index (χ1) is 15.3. The lowest BCUT2D eigenvalue weighted by Gasteiger charge is -2.10. The molecule has 0 radical (unpaired) electrons. The Kier molecular flexibility index (Phi) is 8.68. The number of hydrazone groups is 1. The summed E-state index contributed by atoms with van der Waals surface area (Å²) in [5.41, 5.74) is 4.91. The lowest BCUT2D eigenvalue weighted by atomic mass is 10.2. The summed E-state index contributed by atoms with van der Waals surface area (Å²) in [4.78, 5) is 12.6. The molecule has 0 aliphatic heterocycles. The first-order valence-corrected chi connectivity index (χ1v) is 10.6. The van der Waals surface area contributed by atoms with E-state index < -0.39 is 0 Å². The highest BCUT2D eigenvalue weighted by molar-refractivity contribution is 5.97. The summed E-state index contributed by atoms with van der Waals surface area (Å²) in [5.74, 6) is 1.03. The zero-order valence-electron chi connectivity index (χ0n) is 17.8. The van der Waals surface area contributed by atoms with Gasteiger partial charge in [-0.15, -0.1) is 0 Å². The maximum Gasteiger partial charge on any atom is 0.275 e. The second-order valence-corrected chi connectivity index (χ2v) is 7.09. The molecule has 5 nitrogen and oxygen atoms in total. The van der Waals surface area contributed by atoms with Gasteiger partial charge in [-0.3, -0.25) is 4.79 Å². The summed E-state index contributed by atoms with van der Waals surface area (Å²) in [6.45, 7) is 3.29. The molecule has 0 heterocycles. The minimum Gasteiger partial charge on any atom is -0.494 e. The van der Waals surface area contributed by atoms with Crippen molar-refractivity contribution in [2.24, 2.45) is 5.10 Å². The van der Waals surface area contributed by atoms with Crippen molar-refractivity contribution in [1.82, 2.24) is 5.43 Å². The predicted octanol–water partition coefficient (Wildman–Crippen LogP) is 5.60. The van der Waals surface area contributed by atoms with E-state index in [1.165, 1.54) is 12.8 Å². The monoisotopic (exact) mass is 416 g/mol. The van der Waals surface area contributed by atoms with E-state index in [9.17, 15) is 4.79 Å². The number of amides is 1. The number of carbonyl (C=O) groups is 1. The van der Waals surface area contributed by atoms with Crippen LogP contribution in [0.5, 0.6) is 11.5 Å². The van der Waals surface area contributed by atoms with Gasteiger partial charge in [-0.05, 0) is 53.9 Å². The molecule has 1 amide bonds. The highest BCUT2D eigenvalue weighted by atomic mass is 16.5. The molecule has 0 aromatic heterocycles. The normalized spacial score (nSPS) is 10.7. The van der Waals surface area contributed by atoms with Gasteiger partial charge < -0.3 is 9.47 Å². The van der Waals surface area contributed by atoms with Gasteiger partial charge in [0.05, 0.1) is 18.4 Å². The number of ether oxygens (including phenoxy) is 2. The largest absolute Gasteiger partial charge is 0.494 e. The number of nitrogens with zero attached hydrogens (tertiary/aromatic N) is 1. The molecule has 0 fully saturated rings. The third kappa shape index (κ3) is 7.30. The van der Waals surface area contributed by atoms with Crippen LogP contribution in [0.15, 0.2) is 84.0 Å². The van der Waals surface area contributed by atoms with Crippen LogP contribution >= 0.6 is 0 Å². The Morgan fingerprint density at radius 3 is 2.42 bits per heavy atom. The highest BCUT2D eigenvalue weighted by Gasteiger charge is 2.11. The van der Waals surface area contributed by atoms with E-state index in [0.29, 0.717) is 17.9 Å². The Hall–Kier alpha value is -3.60. The van der Waals surface area contributed by atoms with Crippen molar-refractivity contribution < 1.29 is 14.3 Å². The molecule has 0 saturated carbocycles. The van der Waals surface area contributed by atoms with Gasteiger partial charge in [0.1, 0.15) is 18.1 Å². The van der Waals surface area contributed by atoms with E-state index in [1.807, 2.05) is 60.7 Å². The van der Waals surface area contributed by atoms with E-state index in [4.69, 9.17) is 9.47 Å². The van der Waals surface area contributed by atoms with Crippen molar-refractivity contribution in [1.29, 1.82) is 0 Å². The van der Waals surface area contributed by atoms with Crippen LogP contribution in [0.25, 0.3) is 0 Å². The van der Waals surface area contributed by atoms with Gasteiger partial charge in [-0.2, -0.15) is 5.10 Å². The van der Waals surface area contributed by atoms with Crippen molar-refractivity contribution in [3.05, 3.63) is 95.6 Å². The number of unbranched alkanes of at least 4 members (excludes halogenated alkanes) is 2. The summed E-state index contributed by atoms with van der Waals surface area (Å²) in [7, 11) is 0. The average molecular weight is 417 g/mol. The standard InChI is InChI=1S/C26H28N2O3/c1-2-3-9-18-30-23-16-14-21(15-17-23)19-27-28-26(29)24-12-7-8-13-25(24)31-20-22-10-5-4-6-11-22/h4-8,10-17,19H,2-3,9,18,20H2,1H3,(H,28,29)/b27-19+. The molecule has 0 aliphatic rings. The van der Waals surface area contributed by atoms with E-state index in [1.54, 1.807) is 24.4 Å². The Balaban J connectivity index is 1.53. The molecule has 3 aromatic rings. The molecule has 0 unspecified atom stereocenters. The van der Waals surface area contributed by atoms with Crippen LogP contribution in [0.4, 0.5) is 0 Å². The average Bonchev–Trinajstić information content (AvgIpc) is 2.82. The Labute approximate surface area is 183 Å². The van der Waals surface area contributed by atoms with Crippen molar-refractivity contribution >= 4 is 12.1 Å². The Morgan fingerprint density at radius 2 is 1.65 bits per heavy atom. The molecule has 0 saturated heterocycles. The lowest BCUT2D eigenvalue weighted by Crippen LogP contribution is -2.18. The van der Waals surface area contributed by atoms with E-state index in [2.05, 4.69) is 17.5 Å². The molecule has 3 rings (SSSR count). The fourth-order valence-electron chi connectivity index (χ4n) is 2.93. The molecule has 0 bridgehead atoms. The Morgan fingerprint density at radius 1 is 0.903 bits per heavy atom. The third-order valence-corrected chi connectivity index (χ3v) is 4.65. The Bertz CT molecular complexity index is 969. The second kappa shape index (κ2) is 12.2. The topological polar surface area (TPSA) is 59.9 Å². The van der Waals surface area contributed by atoms with Crippen molar-refractivity contribution in [3.8, 4) is 11.5 Å². The van der Waals surface area contributed by atoms with Crippen LogP contribution in [-0.2, 0) is 6.61 Å². The number of hydrogen-bond acceptors (Lipinski definition) is 4. The van der Waals surface area contributed by atoms with Gasteiger partial charge in [0.25, 0.3) is 5.91 Å². The summed E-state index contributed by atoms with van der Waals surface area (Å²) in [6, 6.07) is 24.6. The van der Waals surface area contributed by atoms with Crippen LogP contribution in [-0.4, -0.2) is 18.7 Å². The molecular formula is C26H28N2O3. The zero-order chi connectivity index (χ0) is 21.7. The number of carbonyl (C=O) groups excluding carboxylic acids is 1. The van der Waals surface area contributed by atoms with Gasteiger partial charge >= 0.3 is 0 Å². The maximum atomic E-state index is 12.6. The minimum atomic E-state index is -0.323. The summed E-state index contributed by atoms with van der Waals surface area (Å²) >= 11 is 0. The van der Waals surface area contributed by atoms with Crippen molar-refractivity contribution in [2.45, 2.75) is 32.8 Å². The quantitative estimate of drug-likeness (QED) is 0.251. The van der Waals surface area contributed by atoms with Crippen LogP contribution < -0.4 is 14.9 Å². The van der Waals surface area contributed by atoms with Crippen LogP contribution in [0.3, 0.4) is 0 Å². The summed E-state index contributed by atoms with van der Waals surface area (Å²) in [5, 5.41) is 4.07. The van der Waals surface area contributed by atoms with Crippen LogP contribution in [0.1, 0.15) is 47.7 Å². The van der Waals surface area contributed by atoms with Crippen molar-refractivity contribution in [3.63, 3.8) is 0 Å². The molecule has 0 spiro atoms. The molecular weight excluding hydrogens is 388 g/mol. The number of rotatable bonds is 11. The first-order valence-electron chi connectivity index (χ1n) is 10.6. The van der Waals surface area contributed by atoms with Crippen molar-refractivity contribution in [2.75, 3.05) is 6.61 Å². The van der Waals surface area contributed by atoms with E-state index in [0.717, 1.165) is 29.9 Å². The maximum absolute atomic E-state index is 12.6. The van der Waals surface area contributed by atoms with Gasteiger partial charge in [-0.25, -0.2) is 5.43 Å². The number of hydrogen-bond donors (Lipinski definition) is 1. The second-order valence-electron chi connectivity index (χ2n) is 7.09. The third-order valence-electron chi connectivity index (χ3n) is 4.65. The molecule has 1 N–H and O–H groups in total. The van der Waals surface area contributed by atoms with Gasteiger partial charge in [0, 0.05) is 0 Å². The SMILES string of the molecule is CCCCCOc1ccc(/C=N/NC(=O)c2ccccc2OCc2ccccc2)cc1. The molecule has 0 atom stereocenters. The van der Waals surface area contributed by atoms with E-state index in [-0.39, 0.29) is 5.91 Å². The fraction of sp³-hybridized carbons (Fsp3) is 0.231. The number of para-hydroxylation sites is 1. The van der Waals surface area contributed by atoms with Gasteiger partial charge in [-0.1, -0.05) is 62.2 Å². The smallest absolute Gasteiger partial charge is 0.275 e. The van der Waals surface area contributed by atoms with Gasteiger partial charge in [0.15, 0.2) is 0 Å². The molecule has 160 valence electrons. The van der Waals surface area contributed by atoms with Crippen LogP contribution in [0, 0.1) is 0 Å². The molecule has 5 heteroatoms. The summed E-state index contributed by atoms with van der Waals surface area (Å²) in [6.07, 6.45) is 5.01. The van der Waals surface area contributed by atoms with E-state index >= 15 is 0 Å². The molecule has 0 aliphatic carbocycles. The summed E-state index contributed by atoms with van der Waals surface area (Å²) < 4.78 is 11.5. The van der Waals surface area contributed by atoms with Crippen LogP contribution in [0.2, 0.25) is 0 Å². The van der Waals surface area contributed by atoms with Gasteiger partial charge in [0.2, 0.25) is 0 Å². The first kappa shape index (κ1) is 22.1. The number of benzene rings is 3. The lowest BCUT2D eigenvalue weighted by molar-refractivity contribution is 0.0950. The fourth-order valence-corrected chi connectivity index (χ4v) is 2.93. The zero-order valence-corrected chi connectivity index (χ0v) is 17.8.